The Labute approximate surface area is 283 Å². The summed E-state index contributed by atoms with van der Waals surface area (Å²) in [7, 11) is -0.966. The SMILES string of the molecule is Cc1ccc(P(c2ccc(C)cc2)c2ccc(C)cc2)cc1.Cc1ccc(P(c2ccc(C)cc2)c2ccc(C)cc2)cc1.[Co]. The van der Waals surface area contributed by atoms with Crippen LogP contribution in [0.15, 0.2) is 146 Å². The molecule has 0 bridgehead atoms. The number of benzene rings is 6. The van der Waals surface area contributed by atoms with Gasteiger partial charge in [-0.1, -0.05) is 179 Å². The normalized spacial score (nSPS) is 10.7. The third-order valence-electron chi connectivity index (χ3n) is 7.75. The van der Waals surface area contributed by atoms with Gasteiger partial charge in [-0.25, -0.2) is 0 Å². The molecule has 3 heteroatoms. The fourth-order valence-corrected chi connectivity index (χ4v) is 9.53. The van der Waals surface area contributed by atoms with Crippen LogP contribution in [0.3, 0.4) is 0 Å². The Morgan fingerprint density at radius 3 is 0.444 bits per heavy atom. The summed E-state index contributed by atoms with van der Waals surface area (Å²) in [5.74, 6) is 0. The van der Waals surface area contributed by atoms with E-state index in [0.717, 1.165) is 0 Å². The number of hydrogen-bond donors (Lipinski definition) is 0. The average Bonchev–Trinajstić information content (AvgIpc) is 3.03. The maximum atomic E-state index is 2.28. The van der Waals surface area contributed by atoms with Crippen LogP contribution in [-0.2, 0) is 16.8 Å². The van der Waals surface area contributed by atoms with Crippen molar-refractivity contribution in [1.82, 2.24) is 0 Å². The minimum Gasteiger partial charge on any atom is -0.0587 e. The van der Waals surface area contributed by atoms with E-state index < -0.39 is 15.8 Å². The van der Waals surface area contributed by atoms with E-state index in [9.17, 15) is 0 Å². The summed E-state index contributed by atoms with van der Waals surface area (Å²) >= 11 is 0. The van der Waals surface area contributed by atoms with Crippen molar-refractivity contribution in [1.29, 1.82) is 0 Å². The van der Waals surface area contributed by atoms with E-state index in [1.165, 1.54) is 65.2 Å². The first-order valence-corrected chi connectivity index (χ1v) is 18.0. The molecule has 0 amide bonds. The van der Waals surface area contributed by atoms with Gasteiger partial charge in [0.15, 0.2) is 0 Å². The van der Waals surface area contributed by atoms with Crippen molar-refractivity contribution in [3.05, 3.63) is 179 Å². The summed E-state index contributed by atoms with van der Waals surface area (Å²) in [6.45, 7) is 12.9. The minimum atomic E-state index is -0.483. The molecule has 0 spiro atoms. The predicted molar refractivity (Wildman–Crippen MR) is 199 cm³/mol. The smallest absolute Gasteiger partial charge is 0 e. The first-order valence-electron chi connectivity index (χ1n) is 15.3. The molecule has 0 N–H and O–H groups in total. The van der Waals surface area contributed by atoms with E-state index in [0.29, 0.717) is 0 Å². The molecule has 0 aromatic heterocycles. The van der Waals surface area contributed by atoms with Crippen LogP contribution in [0.4, 0.5) is 0 Å². The summed E-state index contributed by atoms with van der Waals surface area (Å²) in [6.07, 6.45) is 0. The molecule has 0 heterocycles. The van der Waals surface area contributed by atoms with Gasteiger partial charge in [-0.3, -0.25) is 0 Å². The molecule has 45 heavy (non-hydrogen) atoms. The second kappa shape index (κ2) is 16.3. The van der Waals surface area contributed by atoms with E-state index in [1.807, 2.05) is 0 Å². The van der Waals surface area contributed by atoms with Crippen molar-refractivity contribution in [3.63, 3.8) is 0 Å². The standard InChI is InChI=1S/2C21H21P.Co/c2*1-16-4-10-19(11-5-16)22(20-12-6-17(2)7-13-20)21-14-8-18(3)9-15-21;/h2*4-15H,1-3H3;. The molecule has 6 aromatic carbocycles. The van der Waals surface area contributed by atoms with Gasteiger partial charge < -0.3 is 0 Å². The summed E-state index contributed by atoms with van der Waals surface area (Å²) in [4.78, 5) is 0. The Hall–Kier alpha value is -3.31. The van der Waals surface area contributed by atoms with E-state index in [1.54, 1.807) is 0 Å². The van der Waals surface area contributed by atoms with Gasteiger partial charge in [-0.05, 0) is 89.2 Å². The molecule has 0 aliphatic carbocycles. The van der Waals surface area contributed by atoms with Crippen LogP contribution in [-0.4, -0.2) is 0 Å². The molecular weight excluding hydrogens is 625 g/mol. The second-order valence-corrected chi connectivity index (χ2v) is 16.1. The van der Waals surface area contributed by atoms with E-state index in [4.69, 9.17) is 0 Å². The van der Waals surface area contributed by atoms with Crippen LogP contribution in [0, 0.1) is 41.5 Å². The third-order valence-corrected chi connectivity index (χ3v) is 12.6. The van der Waals surface area contributed by atoms with E-state index >= 15 is 0 Å². The molecule has 0 unspecified atom stereocenters. The van der Waals surface area contributed by atoms with Crippen LogP contribution in [0.1, 0.15) is 33.4 Å². The molecule has 0 fully saturated rings. The van der Waals surface area contributed by atoms with Gasteiger partial charge >= 0.3 is 0 Å². The second-order valence-electron chi connectivity index (χ2n) is 11.7. The van der Waals surface area contributed by atoms with E-state index in [2.05, 4.69) is 187 Å². The molecule has 0 atom stereocenters. The molecular formula is C42H42CoP2. The van der Waals surface area contributed by atoms with Crippen molar-refractivity contribution in [2.75, 3.05) is 0 Å². The molecule has 0 aliphatic heterocycles. The van der Waals surface area contributed by atoms with Crippen LogP contribution in [0.5, 0.6) is 0 Å². The zero-order chi connectivity index (χ0) is 31.1. The predicted octanol–water partition coefficient (Wildman–Crippen LogP) is 8.74. The quantitative estimate of drug-likeness (QED) is 0.156. The molecule has 0 aliphatic rings. The number of rotatable bonds is 6. The van der Waals surface area contributed by atoms with E-state index in [-0.39, 0.29) is 16.8 Å². The van der Waals surface area contributed by atoms with Gasteiger partial charge in [0.2, 0.25) is 0 Å². The van der Waals surface area contributed by atoms with Crippen molar-refractivity contribution in [3.8, 4) is 0 Å². The van der Waals surface area contributed by atoms with Gasteiger partial charge in [-0.15, -0.1) is 0 Å². The van der Waals surface area contributed by atoms with Crippen LogP contribution in [0.2, 0.25) is 0 Å². The summed E-state index contributed by atoms with van der Waals surface area (Å²) in [6, 6.07) is 53.9. The number of aryl methyl sites for hydroxylation is 6. The monoisotopic (exact) mass is 667 g/mol. The van der Waals surface area contributed by atoms with Gasteiger partial charge in [0.1, 0.15) is 0 Å². The third kappa shape index (κ3) is 9.35. The molecule has 6 aromatic rings. The van der Waals surface area contributed by atoms with Gasteiger partial charge in [0, 0.05) is 16.8 Å². The number of hydrogen-bond acceptors (Lipinski definition) is 0. The fraction of sp³-hybridized carbons (Fsp3) is 0.143. The fourth-order valence-electron chi connectivity index (χ4n) is 5.06. The zero-order valence-corrected chi connectivity index (χ0v) is 29.9. The van der Waals surface area contributed by atoms with Crippen molar-refractivity contribution in [2.24, 2.45) is 0 Å². The molecule has 229 valence electrons. The van der Waals surface area contributed by atoms with Crippen LogP contribution >= 0.6 is 15.8 Å². The molecule has 0 saturated heterocycles. The first-order chi connectivity index (χ1) is 21.3. The van der Waals surface area contributed by atoms with Crippen LogP contribution < -0.4 is 31.8 Å². The minimum absolute atomic E-state index is 0. The largest absolute Gasteiger partial charge is 0.0587 e. The first kappa shape index (κ1) is 34.6. The van der Waals surface area contributed by atoms with Crippen molar-refractivity contribution in [2.45, 2.75) is 41.5 Å². The Bertz CT molecular complexity index is 1400. The van der Waals surface area contributed by atoms with Gasteiger partial charge in [0.25, 0.3) is 0 Å². The molecule has 6 rings (SSSR count). The Balaban J connectivity index is 0.000000200. The Kier molecular flexibility index (Phi) is 12.5. The summed E-state index contributed by atoms with van der Waals surface area (Å²) in [5.41, 5.74) is 7.87. The maximum absolute atomic E-state index is 2.28. The maximum Gasteiger partial charge on any atom is 0 e. The average molecular weight is 668 g/mol. The summed E-state index contributed by atoms with van der Waals surface area (Å²) < 4.78 is 0. The summed E-state index contributed by atoms with van der Waals surface area (Å²) in [5, 5.41) is 8.46. The van der Waals surface area contributed by atoms with Crippen LogP contribution in [0.25, 0.3) is 0 Å². The van der Waals surface area contributed by atoms with Gasteiger partial charge in [0.05, 0.1) is 0 Å². The topological polar surface area (TPSA) is 0 Å². The molecule has 1 radical (unpaired) electrons. The van der Waals surface area contributed by atoms with Crippen molar-refractivity contribution < 1.29 is 16.8 Å². The Morgan fingerprint density at radius 1 is 0.222 bits per heavy atom. The zero-order valence-electron chi connectivity index (χ0n) is 27.1. The van der Waals surface area contributed by atoms with Crippen molar-refractivity contribution >= 4 is 47.7 Å². The molecule has 0 nitrogen and oxygen atoms in total. The molecule has 0 saturated carbocycles. The Morgan fingerprint density at radius 2 is 0.333 bits per heavy atom. The van der Waals surface area contributed by atoms with Gasteiger partial charge in [-0.2, -0.15) is 0 Å².